The third kappa shape index (κ3) is 5.50. The number of halogens is 1. The molecule has 2 atom stereocenters. The van der Waals surface area contributed by atoms with Gasteiger partial charge in [-0.15, -0.1) is 0 Å². The van der Waals surface area contributed by atoms with E-state index >= 15 is 0 Å². The zero-order valence-corrected chi connectivity index (χ0v) is 12.4. The van der Waals surface area contributed by atoms with E-state index in [1.54, 1.807) is 4.90 Å². The van der Waals surface area contributed by atoms with E-state index in [9.17, 15) is 14.0 Å². The first-order valence-electron chi connectivity index (χ1n) is 6.43. The highest BCUT2D eigenvalue weighted by molar-refractivity contribution is 8.14. The predicted octanol–water partition coefficient (Wildman–Crippen LogP) is 2.02. The Kier molecular flexibility index (Phi) is 7.61. The number of hydrogen-bond acceptors (Lipinski definition) is 5. The van der Waals surface area contributed by atoms with Crippen molar-refractivity contribution in [2.24, 2.45) is 0 Å². The minimum Gasteiger partial charge on any atom is -0.445 e. The van der Waals surface area contributed by atoms with Gasteiger partial charge in [-0.2, -0.15) is 0 Å². The van der Waals surface area contributed by atoms with E-state index in [1.165, 1.54) is 24.8 Å². The maximum Gasteiger partial charge on any atom is 0.410 e. The highest BCUT2D eigenvalue weighted by atomic mass is 32.2. The van der Waals surface area contributed by atoms with Gasteiger partial charge in [-0.3, -0.25) is 4.79 Å². The van der Waals surface area contributed by atoms with E-state index in [0.29, 0.717) is 13.0 Å². The molecule has 0 aliphatic carbocycles. The van der Waals surface area contributed by atoms with Gasteiger partial charge >= 0.3 is 6.09 Å². The molecule has 0 radical (unpaired) electrons. The van der Waals surface area contributed by atoms with Crippen molar-refractivity contribution in [3.63, 3.8) is 0 Å². The first kappa shape index (κ1) is 17.0. The van der Waals surface area contributed by atoms with Crippen LogP contribution in [0.1, 0.15) is 13.3 Å². The molecule has 1 rings (SSSR count). The van der Waals surface area contributed by atoms with Gasteiger partial charge in [0.2, 0.25) is 0 Å². The fourth-order valence-electron chi connectivity index (χ4n) is 2.06. The lowest BCUT2D eigenvalue weighted by atomic mass is 10.2. The Balaban J connectivity index is 2.57. The standard InChI is InChI=1S/C13H20FNO4S/c1-3-5-19-13(17)15-8-12(20-10(2)16)7-11(15)9-18-6-4-14/h3,11-12H,1,4-9H2,2H3/t11-,12-/m0/s1. The summed E-state index contributed by atoms with van der Waals surface area (Å²) in [5.74, 6) is 0. The van der Waals surface area contributed by atoms with Crippen LogP contribution in [0.2, 0.25) is 0 Å². The van der Waals surface area contributed by atoms with Crippen LogP contribution in [0, 0.1) is 0 Å². The summed E-state index contributed by atoms with van der Waals surface area (Å²) in [6.45, 7) is 5.26. The Morgan fingerprint density at radius 3 is 2.90 bits per heavy atom. The molecule has 1 aliphatic heterocycles. The zero-order valence-electron chi connectivity index (χ0n) is 11.5. The SMILES string of the molecule is C=CCOC(=O)N1C[C@@H](SC(C)=O)C[C@H]1COCCF. The molecule has 1 amide bonds. The smallest absolute Gasteiger partial charge is 0.410 e. The summed E-state index contributed by atoms with van der Waals surface area (Å²) in [6.07, 6.45) is 1.68. The van der Waals surface area contributed by atoms with Gasteiger partial charge in [-0.1, -0.05) is 24.4 Å². The third-order valence-corrected chi connectivity index (χ3v) is 3.81. The normalized spacial score (nSPS) is 21.8. The second-order valence-electron chi connectivity index (χ2n) is 4.40. The van der Waals surface area contributed by atoms with Gasteiger partial charge in [-0.05, 0) is 6.42 Å². The van der Waals surface area contributed by atoms with Crippen LogP contribution in [0.5, 0.6) is 0 Å². The van der Waals surface area contributed by atoms with Gasteiger partial charge in [0.25, 0.3) is 0 Å². The number of amides is 1. The van der Waals surface area contributed by atoms with Crippen LogP contribution in [0.25, 0.3) is 0 Å². The van der Waals surface area contributed by atoms with Crippen LogP contribution in [0.4, 0.5) is 9.18 Å². The first-order valence-corrected chi connectivity index (χ1v) is 7.31. The minimum atomic E-state index is -0.556. The van der Waals surface area contributed by atoms with Crippen LogP contribution in [0.3, 0.4) is 0 Å². The molecule has 20 heavy (non-hydrogen) atoms. The zero-order chi connectivity index (χ0) is 15.0. The summed E-state index contributed by atoms with van der Waals surface area (Å²) in [5, 5.41) is 0.0440. The van der Waals surface area contributed by atoms with E-state index in [-0.39, 0.29) is 36.2 Å². The Labute approximate surface area is 122 Å². The highest BCUT2D eigenvalue weighted by Gasteiger charge is 2.37. The average Bonchev–Trinajstić information content (AvgIpc) is 2.78. The van der Waals surface area contributed by atoms with Crippen molar-refractivity contribution >= 4 is 23.0 Å². The molecule has 0 aromatic rings. The molecule has 0 N–H and O–H groups in total. The van der Waals surface area contributed by atoms with Crippen molar-refractivity contribution in [3.05, 3.63) is 12.7 Å². The maximum atomic E-state index is 12.0. The molecule has 1 fully saturated rings. The van der Waals surface area contributed by atoms with Crippen molar-refractivity contribution in [2.75, 3.05) is 33.0 Å². The number of hydrogen-bond donors (Lipinski definition) is 0. The highest BCUT2D eigenvalue weighted by Crippen LogP contribution is 2.28. The van der Waals surface area contributed by atoms with Crippen molar-refractivity contribution in [2.45, 2.75) is 24.6 Å². The quantitative estimate of drug-likeness (QED) is 0.532. The molecule has 1 saturated heterocycles. The molecular weight excluding hydrogens is 285 g/mol. The predicted molar refractivity (Wildman–Crippen MR) is 75.5 cm³/mol. The number of likely N-dealkylation sites (tertiary alicyclic amines) is 1. The molecule has 0 unspecified atom stereocenters. The van der Waals surface area contributed by atoms with E-state index in [2.05, 4.69) is 6.58 Å². The molecule has 5 nitrogen and oxygen atoms in total. The van der Waals surface area contributed by atoms with Crippen LogP contribution in [0.15, 0.2) is 12.7 Å². The molecule has 0 bridgehead atoms. The summed E-state index contributed by atoms with van der Waals surface area (Å²) in [4.78, 5) is 24.6. The van der Waals surface area contributed by atoms with Crippen molar-refractivity contribution < 1.29 is 23.5 Å². The van der Waals surface area contributed by atoms with Crippen molar-refractivity contribution in [1.82, 2.24) is 4.90 Å². The largest absolute Gasteiger partial charge is 0.445 e. The summed E-state index contributed by atoms with van der Waals surface area (Å²) in [5.41, 5.74) is 0. The lowest BCUT2D eigenvalue weighted by Crippen LogP contribution is -2.39. The summed E-state index contributed by atoms with van der Waals surface area (Å²) in [6, 6.07) is -0.185. The van der Waals surface area contributed by atoms with Crippen LogP contribution in [-0.4, -0.2) is 60.4 Å². The molecule has 1 heterocycles. The average molecular weight is 305 g/mol. The molecule has 114 valence electrons. The Morgan fingerprint density at radius 2 is 2.30 bits per heavy atom. The van der Waals surface area contributed by atoms with Crippen molar-refractivity contribution in [1.29, 1.82) is 0 Å². The number of thioether (sulfide) groups is 1. The molecule has 0 aromatic carbocycles. The number of ether oxygens (including phenoxy) is 2. The summed E-state index contributed by atoms with van der Waals surface area (Å²) < 4.78 is 22.2. The fraction of sp³-hybridized carbons (Fsp3) is 0.692. The number of carbonyl (C=O) groups excluding carboxylic acids is 2. The second-order valence-corrected chi connectivity index (χ2v) is 5.88. The van der Waals surface area contributed by atoms with Crippen LogP contribution in [-0.2, 0) is 14.3 Å². The first-order chi connectivity index (χ1) is 9.58. The summed E-state index contributed by atoms with van der Waals surface area (Å²) in [7, 11) is 0. The maximum absolute atomic E-state index is 12.0. The Hall–Kier alpha value is -1.08. The third-order valence-electron chi connectivity index (χ3n) is 2.80. The van der Waals surface area contributed by atoms with Gasteiger partial charge in [0, 0.05) is 18.7 Å². The molecule has 7 heteroatoms. The summed E-state index contributed by atoms with van der Waals surface area (Å²) >= 11 is 1.21. The molecular formula is C13H20FNO4S. The van der Waals surface area contributed by atoms with Gasteiger partial charge < -0.3 is 14.4 Å². The molecule has 0 aromatic heterocycles. The monoisotopic (exact) mass is 305 g/mol. The minimum absolute atomic E-state index is 0.0105. The topological polar surface area (TPSA) is 55.8 Å². The van der Waals surface area contributed by atoms with E-state index in [0.717, 1.165) is 0 Å². The van der Waals surface area contributed by atoms with E-state index in [4.69, 9.17) is 9.47 Å². The second kappa shape index (κ2) is 8.97. The van der Waals surface area contributed by atoms with Gasteiger partial charge in [0.1, 0.15) is 13.3 Å². The van der Waals surface area contributed by atoms with Gasteiger partial charge in [0.05, 0.1) is 19.3 Å². The number of carbonyl (C=O) groups is 2. The molecule has 0 spiro atoms. The van der Waals surface area contributed by atoms with E-state index < -0.39 is 12.8 Å². The van der Waals surface area contributed by atoms with Crippen molar-refractivity contribution in [3.8, 4) is 0 Å². The van der Waals surface area contributed by atoms with Gasteiger partial charge in [-0.25, -0.2) is 9.18 Å². The van der Waals surface area contributed by atoms with Gasteiger partial charge in [0.15, 0.2) is 5.12 Å². The van der Waals surface area contributed by atoms with Crippen LogP contribution < -0.4 is 0 Å². The fourth-order valence-corrected chi connectivity index (χ4v) is 3.09. The Morgan fingerprint density at radius 1 is 1.55 bits per heavy atom. The molecule has 1 aliphatic rings. The van der Waals surface area contributed by atoms with Crippen LogP contribution >= 0.6 is 11.8 Å². The number of rotatable bonds is 7. The Bertz CT molecular complexity index is 353. The lowest BCUT2D eigenvalue weighted by Gasteiger charge is -2.23. The van der Waals surface area contributed by atoms with E-state index in [1.807, 2.05) is 0 Å². The lowest BCUT2D eigenvalue weighted by molar-refractivity contribution is -0.109. The number of nitrogens with zero attached hydrogens (tertiary/aromatic N) is 1. The number of alkyl halides is 1. The molecule has 0 saturated carbocycles.